The normalized spacial score (nSPS) is 11.3. The number of nitrogens with one attached hydrogen (secondary N) is 1. The number of nitrogens with zero attached hydrogens (tertiary/aromatic N) is 1. The molecule has 1 aromatic heterocycles. The highest BCUT2D eigenvalue weighted by Crippen LogP contribution is 2.32. The van der Waals surface area contributed by atoms with Crippen LogP contribution in [0.4, 0.5) is 5.69 Å². The van der Waals surface area contributed by atoms with E-state index in [-0.39, 0.29) is 0 Å². The summed E-state index contributed by atoms with van der Waals surface area (Å²) in [5.74, 6) is 0. The Bertz CT molecular complexity index is 409. The van der Waals surface area contributed by atoms with Crippen LogP contribution in [0.15, 0.2) is 6.58 Å². The molecule has 0 unspecified atom stereocenters. The maximum absolute atomic E-state index is 4.80. The van der Waals surface area contributed by atoms with E-state index in [9.17, 15) is 0 Å². The first-order chi connectivity index (χ1) is 10.8. The van der Waals surface area contributed by atoms with Gasteiger partial charge in [0.2, 0.25) is 0 Å². The molecule has 0 saturated carbocycles. The van der Waals surface area contributed by atoms with Gasteiger partial charge in [-0.25, -0.2) is 0 Å². The summed E-state index contributed by atoms with van der Waals surface area (Å²) in [6, 6.07) is 0. The second-order valence-electron chi connectivity index (χ2n) is 4.29. The van der Waals surface area contributed by atoms with Crippen molar-refractivity contribution in [1.29, 1.82) is 0 Å². The van der Waals surface area contributed by atoms with E-state index < -0.39 is 0 Å². The average molecular weight is 307 g/mol. The van der Waals surface area contributed by atoms with Gasteiger partial charge in [0.15, 0.2) is 0 Å². The number of anilines is 1. The summed E-state index contributed by atoms with van der Waals surface area (Å²) in [7, 11) is 2.00. The fourth-order valence-electron chi connectivity index (χ4n) is 2.59. The zero-order valence-electron chi connectivity index (χ0n) is 16.3. The second-order valence-corrected chi connectivity index (χ2v) is 4.29. The number of pyridine rings is 1. The standard InChI is InChI=1S/C14H20N2.3C2H6/c1-4-10-12(5-2)16-13-9-7-6-8-11(13)14(10)15-3;3*1-2/h4H,1,5-9H2,2-3H3,(H,15,16);3*1-2H3. The minimum atomic E-state index is 0.976. The fourth-order valence-corrected chi connectivity index (χ4v) is 2.59. The minimum absolute atomic E-state index is 0.976. The van der Waals surface area contributed by atoms with Gasteiger partial charge in [0, 0.05) is 29.7 Å². The van der Waals surface area contributed by atoms with Gasteiger partial charge in [0.25, 0.3) is 0 Å². The molecule has 1 aromatic rings. The fraction of sp³-hybridized carbons (Fsp3) is 0.650. The minimum Gasteiger partial charge on any atom is -0.387 e. The first-order valence-electron chi connectivity index (χ1n) is 9.16. The Labute approximate surface area is 139 Å². The number of hydrogen-bond donors (Lipinski definition) is 1. The Balaban J connectivity index is 0. The maximum Gasteiger partial charge on any atom is 0.0497 e. The van der Waals surface area contributed by atoms with E-state index in [1.807, 2.05) is 54.7 Å². The third-order valence-electron chi connectivity index (χ3n) is 3.38. The Morgan fingerprint density at radius 3 is 2.05 bits per heavy atom. The van der Waals surface area contributed by atoms with Crippen molar-refractivity contribution in [3.8, 4) is 0 Å². The van der Waals surface area contributed by atoms with Gasteiger partial charge in [-0.15, -0.1) is 0 Å². The summed E-state index contributed by atoms with van der Waals surface area (Å²) >= 11 is 0. The average Bonchev–Trinajstić information content (AvgIpc) is 2.64. The molecular formula is C20H38N2. The van der Waals surface area contributed by atoms with Gasteiger partial charge in [-0.3, -0.25) is 4.98 Å². The van der Waals surface area contributed by atoms with E-state index in [0.717, 1.165) is 19.3 Å². The highest BCUT2D eigenvalue weighted by molar-refractivity contribution is 5.72. The largest absolute Gasteiger partial charge is 0.387 e. The van der Waals surface area contributed by atoms with Gasteiger partial charge in [-0.1, -0.05) is 61.1 Å². The van der Waals surface area contributed by atoms with Crippen LogP contribution in [0, 0.1) is 0 Å². The third kappa shape index (κ3) is 5.82. The van der Waals surface area contributed by atoms with Gasteiger partial charge >= 0.3 is 0 Å². The maximum atomic E-state index is 4.80. The number of rotatable bonds is 3. The van der Waals surface area contributed by atoms with Crippen LogP contribution in [-0.2, 0) is 19.3 Å². The van der Waals surface area contributed by atoms with Gasteiger partial charge in [0.1, 0.15) is 0 Å². The predicted molar refractivity (Wildman–Crippen MR) is 104 cm³/mol. The monoisotopic (exact) mass is 306 g/mol. The Kier molecular flexibility index (Phi) is 15.3. The molecule has 0 aliphatic heterocycles. The number of hydrogen-bond acceptors (Lipinski definition) is 2. The molecule has 0 aromatic carbocycles. The highest BCUT2D eigenvalue weighted by atomic mass is 14.9. The number of fused-ring (bicyclic) bond motifs is 1. The molecule has 0 bridgehead atoms. The predicted octanol–water partition coefficient (Wildman–Crippen LogP) is 6.29. The molecule has 2 nitrogen and oxygen atoms in total. The van der Waals surface area contributed by atoms with E-state index in [0.29, 0.717) is 0 Å². The van der Waals surface area contributed by atoms with Crippen molar-refractivity contribution >= 4 is 11.8 Å². The molecule has 1 heterocycles. The molecular weight excluding hydrogens is 268 g/mol. The molecule has 22 heavy (non-hydrogen) atoms. The molecule has 0 fully saturated rings. The van der Waals surface area contributed by atoms with Crippen molar-refractivity contribution < 1.29 is 0 Å². The number of aryl methyl sites for hydroxylation is 2. The molecule has 0 saturated heterocycles. The summed E-state index contributed by atoms with van der Waals surface area (Å²) in [5.41, 5.74) is 6.36. The van der Waals surface area contributed by atoms with Crippen LogP contribution in [0.2, 0.25) is 0 Å². The summed E-state index contributed by atoms with van der Waals surface area (Å²) < 4.78 is 0. The van der Waals surface area contributed by atoms with Crippen molar-refractivity contribution in [2.75, 3.05) is 12.4 Å². The summed E-state index contributed by atoms with van der Waals surface area (Å²) in [6.07, 6.45) is 7.76. The van der Waals surface area contributed by atoms with E-state index in [4.69, 9.17) is 4.98 Å². The molecule has 1 N–H and O–H groups in total. The van der Waals surface area contributed by atoms with Crippen LogP contribution in [0.5, 0.6) is 0 Å². The molecule has 0 spiro atoms. The first kappa shape index (κ1) is 23.0. The molecule has 2 heteroatoms. The van der Waals surface area contributed by atoms with E-state index >= 15 is 0 Å². The summed E-state index contributed by atoms with van der Waals surface area (Å²) in [5, 5.41) is 3.34. The molecule has 0 amide bonds. The zero-order chi connectivity index (χ0) is 17.5. The molecule has 0 radical (unpaired) electrons. The lowest BCUT2D eigenvalue weighted by atomic mass is 9.91. The van der Waals surface area contributed by atoms with Crippen LogP contribution >= 0.6 is 0 Å². The lowest BCUT2D eigenvalue weighted by molar-refractivity contribution is 0.664. The molecule has 128 valence electrons. The molecule has 0 atom stereocenters. The van der Waals surface area contributed by atoms with Crippen LogP contribution < -0.4 is 5.32 Å². The first-order valence-corrected chi connectivity index (χ1v) is 9.16. The highest BCUT2D eigenvalue weighted by Gasteiger charge is 2.18. The van der Waals surface area contributed by atoms with E-state index in [2.05, 4.69) is 18.8 Å². The zero-order valence-corrected chi connectivity index (χ0v) is 16.3. The van der Waals surface area contributed by atoms with E-state index in [1.54, 1.807) is 0 Å². The molecule has 1 aliphatic rings. The Morgan fingerprint density at radius 2 is 1.59 bits per heavy atom. The SMILES string of the molecule is C=Cc1c(CC)nc2c(c1NC)CCCC2.CC.CC.CC. The van der Waals surface area contributed by atoms with E-state index in [1.165, 1.54) is 41.0 Å². The topological polar surface area (TPSA) is 24.9 Å². The van der Waals surface area contributed by atoms with Crippen LogP contribution in [0.3, 0.4) is 0 Å². The van der Waals surface area contributed by atoms with Crippen molar-refractivity contribution in [1.82, 2.24) is 4.98 Å². The Morgan fingerprint density at radius 1 is 1.05 bits per heavy atom. The second kappa shape index (κ2) is 14.6. The van der Waals surface area contributed by atoms with Gasteiger partial charge in [-0.05, 0) is 37.7 Å². The summed E-state index contributed by atoms with van der Waals surface area (Å²) in [6.45, 7) is 18.1. The van der Waals surface area contributed by atoms with Gasteiger partial charge in [0.05, 0.1) is 0 Å². The van der Waals surface area contributed by atoms with Gasteiger partial charge < -0.3 is 5.32 Å². The van der Waals surface area contributed by atoms with Crippen LogP contribution in [0.1, 0.15) is 83.8 Å². The van der Waals surface area contributed by atoms with Crippen molar-refractivity contribution in [3.63, 3.8) is 0 Å². The Hall–Kier alpha value is -1.31. The smallest absolute Gasteiger partial charge is 0.0497 e. The molecule has 2 rings (SSSR count). The van der Waals surface area contributed by atoms with Crippen molar-refractivity contribution in [2.45, 2.75) is 80.6 Å². The van der Waals surface area contributed by atoms with Crippen molar-refractivity contribution in [2.24, 2.45) is 0 Å². The van der Waals surface area contributed by atoms with Crippen LogP contribution in [-0.4, -0.2) is 12.0 Å². The lowest BCUT2D eigenvalue weighted by Gasteiger charge is -2.22. The van der Waals surface area contributed by atoms with Crippen LogP contribution in [0.25, 0.3) is 6.08 Å². The molecule has 1 aliphatic carbocycles. The number of aromatic nitrogens is 1. The van der Waals surface area contributed by atoms with Gasteiger partial charge in [-0.2, -0.15) is 0 Å². The third-order valence-corrected chi connectivity index (χ3v) is 3.38. The lowest BCUT2D eigenvalue weighted by Crippen LogP contribution is -2.12. The quantitative estimate of drug-likeness (QED) is 0.710. The summed E-state index contributed by atoms with van der Waals surface area (Å²) in [4.78, 5) is 4.80. The van der Waals surface area contributed by atoms with Crippen molar-refractivity contribution in [3.05, 3.63) is 29.1 Å².